The van der Waals surface area contributed by atoms with Crippen LogP contribution in [0, 0.1) is 6.92 Å². The third-order valence-corrected chi connectivity index (χ3v) is 4.45. The molecule has 0 aliphatic carbocycles. The van der Waals surface area contributed by atoms with Crippen LogP contribution in [-0.4, -0.2) is 7.05 Å². The minimum absolute atomic E-state index is 0.197. The number of hydrogen-bond donors (Lipinski definition) is 1. The summed E-state index contributed by atoms with van der Waals surface area (Å²) in [6, 6.07) is 10.7. The maximum atomic E-state index is 6.21. The van der Waals surface area contributed by atoms with Crippen LogP contribution in [0.2, 0.25) is 8.67 Å². The van der Waals surface area contributed by atoms with Crippen LogP contribution in [0.4, 0.5) is 0 Å². The number of hydrogen-bond acceptors (Lipinski definition) is 2. The van der Waals surface area contributed by atoms with Crippen molar-refractivity contribution >= 4 is 34.5 Å². The third-order valence-electron chi connectivity index (χ3n) is 2.93. The van der Waals surface area contributed by atoms with Gasteiger partial charge in [0.25, 0.3) is 0 Å². The van der Waals surface area contributed by atoms with E-state index < -0.39 is 0 Å². The van der Waals surface area contributed by atoms with E-state index in [-0.39, 0.29) is 6.04 Å². The second-order valence-corrected chi connectivity index (χ2v) is 6.60. The molecule has 0 saturated carbocycles. The minimum Gasteiger partial charge on any atom is -0.313 e. The summed E-state index contributed by atoms with van der Waals surface area (Å²) >= 11 is 13.6. The molecule has 18 heavy (non-hydrogen) atoms. The fourth-order valence-electron chi connectivity index (χ4n) is 2.03. The molecular formula is C14H15Cl2NS. The van der Waals surface area contributed by atoms with Gasteiger partial charge in [-0.1, -0.05) is 53.0 Å². The lowest BCUT2D eigenvalue weighted by molar-refractivity contribution is 0.594. The summed E-state index contributed by atoms with van der Waals surface area (Å²) in [5, 5.41) is 3.30. The fraction of sp³-hybridized carbons (Fsp3) is 0.286. The molecule has 1 unspecified atom stereocenters. The van der Waals surface area contributed by atoms with Crippen LogP contribution in [0.5, 0.6) is 0 Å². The van der Waals surface area contributed by atoms with Crippen LogP contribution >= 0.6 is 34.5 Å². The first-order chi connectivity index (χ1) is 8.60. The number of thiophene rings is 1. The second kappa shape index (κ2) is 6.07. The van der Waals surface area contributed by atoms with Gasteiger partial charge in [0.15, 0.2) is 0 Å². The summed E-state index contributed by atoms with van der Waals surface area (Å²) in [5.41, 5.74) is 3.65. The predicted molar refractivity (Wildman–Crippen MR) is 81.0 cm³/mol. The fourth-order valence-corrected chi connectivity index (χ4v) is 3.61. The van der Waals surface area contributed by atoms with Crippen molar-refractivity contribution in [1.82, 2.24) is 5.32 Å². The van der Waals surface area contributed by atoms with E-state index in [2.05, 4.69) is 36.5 Å². The van der Waals surface area contributed by atoms with E-state index in [9.17, 15) is 0 Å². The summed E-state index contributed by atoms with van der Waals surface area (Å²) in [4.78, 5) is 0. The Hall–Kier alpha value is -0.540. The van der Waals surface area contributed by atoms with Crippen molar-refractivity contribution in [3.63, 3.8) is 0 Å². The highest BCUT2D eigenvalue weighted by Gasteiger charge is 2.16. The van der Waals surface area contributed by atoms with Gasteiger partial charge >= 0.3 is 0 Å². The van der Waals surface area contributed by atoms with Crippen LogP contribution < -0.4 is 5.32 Å². The Bertz CT molecular complexity index is 536. The summed E-state index contributed by atoms with van der Waals surface area (Å²) in [6.07, 6.45) is 0.908. The van der Waals surface area contributed by atoms with Gasteiger partial charge in [0.1, 0.15) is 0 Å². The average Bonchev–Trinajstić information content (AvgIpc) is 2.65. The number of rotatable bonds is 4. The molecular weight excluding hydrogens is 285 g/mol. The van der Waals surface area contributed by atoms with Crippen molar-refractivity contribution in [3.05, 3.63) is 55.7 Å². The number of benzene rings is 1. The zero-order valence-corrected chi connectivity index (χ0v) is 12.7. The highest BCUT2D eigenvalue weighted by molar-refractivity contribution is 7.20. The number of aryl methyl sites for hydroxylation is 1. The predicted octanol–water partition coefficient (Wildman–Crippen LogP) is 4.87. The van der Waals surface area contributed by atoms with E-state index in [4.69, 9.17) is 23.2 Å². The summed E-state index contributed by atoms with van der Waals surface area (Å²) < 4.78 is 1.51. The molecule has 1 nitrogen and oxygen atoms in total. The highest BCUT2D eigenvalue weighted by Crippen LogP contribution is 2.36. The van der Waals surface area contributed by atoms with Crippen LogP contribution in [0.3, 0.4) is 0 Å². The smallest absolute Gasteiger partial charge is 0.0992 e. The van der Waals surface area contributed by atoms with Gasteiger partial charge in [-0.15, -0.1) is 11.3 Å². The van der Waals surface area contributed by atoms with Gasteiger partial charge in [0.05, 0.1) is 8.67 Å². The largest absolute Gasteiger partial charge is 0.313 e. The first kappa shape index (κ1) is 13.9. The van der Waals surface area contributed by atoms with Gasteiger partial charge in [-0.2, -0.15) is 0 Å². The van der Waals surface area contributed by atoms with E-state index in [0.29, 0.717) is 0 Å². The monoisotopic (exact) mass is 299 g/mol. The third kappa shape index (κ3) is 3.27. The molecule has 1 aromatic heterocycles. The Kier molecular flexibility index (Phi) is 4.68. The first-order valence-electron chi connectivity index (χ1n) is 5.77. The summed E-state index contributed by atoms with van der Waals surface area (Å²) in [5.74, 6) is 0. The van der Waals surface area contributed by atoms with Crippen molar-refractivity contribution < 1.29 is 0 Å². The Morgan fingerprint density at radius 2 is 2.06 bits per heavy atom. The molecule has 0 radical (unpaired) electrons. The molecule has 1 atom stereocenters. The van der Waals surface area contributed by atoms with Crippen molar-refractivity contribution in [2.24, 2.45) is 0 Å². The summed E-state index contributed by atoms with van der Waals surface area (Å²) in [6.45, 7) is 2.10. The topological polar surface area (TPSA) is 12.0 Å². The molecule has 0 saturated heterocycles. The Morgan fingerprint density at radius 3 is 2.61 bits per heavy atom. The van der Waals surface area contributed by atoms with Gasteiger partial charge in [0, 0.05) is 11.6 Å². The molecule has 0 fully saturated rings. The minimum atomic E-state index is 0.197. The molecule has 1 heterocycles. The van der Waals surface area contributed by atoms with Gasteiger partial charge in [0.2, 0.25) is 0 Å². The molecule has 2 aromatic rings. The Morgan fingerprint density at radius 1 is 1.28 bits per heavy atom. The lowest BCUT2D eigenvalue weighted by Crippen LogP contribution is -2.18. The SMILES string of the molecule is CNC(Cc1cccc(C)c1)c1cc(Cl)sc1Cl. The van der Waals surface area contributed by atoms with Crippen LogP contribution in [0.1, 0.15) is 22.7 Å². The number of likely N-dealkylation sites (N-methyl/N-ethyl adjacent to an activating group) is 1. The van der Waals surface area contributed by atoms with E-state index in [0.717, 1.165) is 20.7 Å². The molecule has 96 valence electrons. The second-order valence-electron chi connectivity index (χ2n) is 4.31. The van der Waals surface area contributed by atoms with E-state index in [1.165, 1.54) is 22.5 Å². The lowest BCUT2D eigenvalue weighted by atomic mass is 10.00. The van der Waals surface area contributed by atoms with Crippen LogP contribution in [-0.2, 0) is 6.42 Å². The van der Waals surface area contributed by atoms with Gasteiger partial charge < -0.3 is 5.32 Å². The zero-order valence-electron chi connectivity index (χ0n) is 10.3. The van der Waals surface area contributed by atoms with Crippen LogP contribution in [0.25, 0.3) is 0 Å². The molecule has 0 bridgehead atoms. The first-order valence-corrected chi connectivity index (χ1v) is 7.35. The molecule has 2 rings (SSSR count). The maximum Gasteiger partial charge on any atom is 0.0992 e. The van der Waals surface area contributed by atoms with Crippen LogP contribution in [0.15, 0.2) is 30.3 Å². The lowest BCUT2D eigenvalue weighted by Gasteiger charge is -2.16. The molecule has 0 aliphatic rings. The summed E-state index contributed by atoms with van der Waals surface area (Å²) in [7, 11) is 1.95. The molecule has 1 N–H and O–H groups in total. The average molecular weight is 300 g/mol. The number of nitrogens with one attached hydrogen (secondary N) is 1. The van der Waals surface area contributed by atoms with E-state index >= 15 is 0 Å². The zero-order chi connectivity index (χ0) is 13.1. The van der Waals surface area contributed by atoms with E-state index in [1.807, 2.05) is 13.1 Å². The normalized spacial score (nSPS) is 12.7. The van der Waals surface area contributed by atoms with Crippen molar-refractivity contribution in [2.75, 3.05) is 7.05 Å². The highest BCUT2D eigenvalue weighted by atomic mass is 35.5. The quantitative estimate of drug-likeness (QED) is 0.849. The molecule has 0 spiro atoms. The van der Waals surface area contributed by atoms with Gasteiger partial charge in [-0.25, -0.2) is 0 Å². The molecule has 4 heteroatoms. The Labute approximate surface area is 122 Å². The van der Waals surface area contributed by atoms with E-state index in [1.54, 1.807) is 0 Å². The Balaban J connectivity index is 2.22. The molecule has 0 amide bonds. The maximum absolute atomic E-state index is 6.21. The number of halogens is 2. The molecule has 0 aliphatic heterocycles. The van der Waals surface area contributed by atoms with Crippen molar-refractivity contribution in [2.45, 2.75) is 19.4 Å². The standard InChI is InChI=1S/C14H15Cl2NS/c1-9-4-3-5-10(6-9)7-12(17-2)11-8-13(15)18-14(11)16/h3-6,8,12,17H,7H2,1-2H3. The van der Waals surface area contributed by atoms with Gasteiger partial charge in [-0.3, -0.25) is 0 Å². The van der Waals surface area contributed by atoms with Gasteiger partial charge in [-0.05, 0) is 32.0 Å². The van der Waals surface area contributed by atoms with Crippen molar-refractivity contribution in [3.8, 4) is 0 Å². The van der Waals surface area contributed by atoms with Crippen molar-refractivity contribution in [1.29, 1.82) is 0 Å². The molecule has 1 aromatic carbocycles.